The molecule has 2 aromatic rings. The zero-order valence-electron chi connectivity index (χ0n) is 8.45. The van der Waals surface area contributed by atoms with Gasteiger partial charge in [0.1, 0.15) is 5.02 Å². The maximum Gasteiger partial charge on any atom is 0.238 e. The Kier molecular flexibility index (Phi) is 3.49. The van der Waals surface area contributed by atoms with Gasteiger partial charge in [-0.2, -0.15) is 0 Å². The minimum Gasteiger partial charge on any atom is -0.434 e. The largest absolute Gasteiger partial charge is 0.434 e. The van der Waals surface area contributed by atoms with Gasteiger partial charge >= 0.3 is 0 Å². The standard InChI is InChI=1S/C11H7BrClFN2O/c12-6-1-2-9(14)10(3-6)17-11-8(13)4-7(15)5-16-11/h1-5H,15H2. The van der Waals surface area contributed by atoms with E-state index >= 15 is 0 Å². The molecule has 0 aliphatic heterocycles. The molecule has 6 heteroatoms. The van der Waals surface area contributed by atoms with E-state index in [1.807, 2.05) is 0 Å². The van der Waals surface area contributed by atoms with Crippen LogP contribution in [0.5, 0.6) is 11.6 Å². The highest BCUT2D eigenvalue weighted by Crippen LogP contribution is 2.31. The molecule has 0 aliphatic rings. The Hall–Kier alpha value is -1.33. The van der Waals surface area contributed by atoms with Crippen molar-refractivity contribution in [2.75, 3.05) is 5.73 Å². The molecule has 3 nitrogen and oxygen atoms in total. The second kappa shape index (κ2) is 4.89. The molecule has 2 N–H and O–H groups in total. The number of nitrogens with two attached hydrogens (primary N) is 1. The molecule has 0 saturated heterocycles. The fraction of sp³-hybridized carbons (Fsp3) is 0. The average molecular weight is 318 g/mol. The average Bonchev–Trinajstić information content (AvgIpc) is 2.27. The Labute approximate surface area is 110 Å². The van der Waals surface area contributed by atoms with E-state index in [1.54, 1.807) is 6.07 Å². The van der Waals surface area contributed by atoms with Crippen LogP contribution in [0.15, 0.2) is 34.9 Å². The first kappa shape index (κ1) is 12.1. The molecule has 0 fully saturated rings. The molecule has 0 spiro atoms. The Morgan fingerprint density at radius 2 is 2.12 bits per heavy atom. The Morgan fingerprint density at radius 1 is 1.35 bits per heavy atom. The van der Waals surface area contributed by atoms with Crippen LogP contribution in [0.4, 0.5) is 10.1 Å². The minimum atomic E-state index is -0.497. The number of hydrogen-bond donors (Lipinski definition) is 1. The van der Waals surface area contributed by atoms with Gasteiger partial charge in [-0.3, -0.25) is 0 Å². The molecule has 1 heterocycles. The van der Waals surface area contributed by atoms with Gasteiger partial charge in [0.15, 0.2) is 11.6 Å². The summed E-state index contributed by atoms with van der Waals surface area (Å²) in [5.74, 6) is -0.348. The molecule has 0 aliphatic carbocycles. The lowest BCUT2D eigenvalue weighted by atomic mass is 10.3. The predicted octanol–water partition coefficient (Wildman–Crippen LogP) is 4.01. The van der Waals surface area contributed by atoms with Crippen LogP contribution in [-0.4, -0.2) is 4.98 Å². The third-order valence-electron chi connectivity index (χ3n) is 1.93. The molecule has 0 atom stereocenters. The van der Waals surface area contributed by atoms with Gasteiger partial charge in [0.25, 0.3) is 0 Å². The highest BCUT2D eigenvalue weighted by atomic mass is 79.9. The summed E-state index contributed by atoms with van der Waals surface area (Å²) in [5.41, 5.74) is 5.90. The monoisotopic (exact) mass is 316 g/mol. The van der Waals surface area contributed by atoms with Gasteiger partial charge in [0, 0.05) is 4.47 Å². The highest BCUT2D eigenvalue weighted by molar-refractivity contribution is 9.10. The summed E-state index contributed by atoms with van der Waals surface area (Å²) in [4.78, 5) is 3.88. The number of hydrogen-bond acceptors (Lipinski definition) is 3. The molecule has 1 aromatic heterocycles. The summed E-state index contributed by atoms with van der Waals surface area (Å²) in [6.45, 7) is 0. The summed E-state index contributed by atoms with van der Waals surface area (Å²) >= 11 is 9.09. The Balaban J connectivity index is 2.34. The van der Waals surface area contributed by atoms with Crippen molar-refractivity contribution in [2.45, 2.75) is 0 Å². The van der Waals surface area contributed by atoms with Crippen molar-refractivity contribution < 1.29 is 9.13 Å². The van der Waals surface area contributed by atoms with Gasteiger partial charge in [-0.1, -0.05) is 27.5 Å². The molecule has 0 amide bonds. The smallest absolute Gasteiger partial charge is 0.238 e. The quantitative estimate of drug-likeness (QED) is 0.910. The van der Waals surface area contributed by atoms with Gasteiger partial charge in [0.2, 0.25) is 5.88 Å². The molecule has 88 valence electrons. The van der Waals surface area contributed by atoms with Crippen LogP contribution in [0.25, 0.3) is 0 Å². The summed E-state index contributed by atoms with van der Waals surface area (Å²) in [7, 11) is 0. The van der Waals surface area contributed by atoms with Crippen LogP contribution in [0.1, 0.15) is 0 Å². The predicted molar refractivity (Wildman–Crippen MR) is 67.8 cm³/mol. The zero-order valence-corrected chi connectivity index (χ0v) is 10.8. The van der Waals surface area contributed by atoms with Crippen LogP contribution in [0.3, 0.4) is 0 Å². The van der Waals surface area contributed by atoms with Crippen molar-refractivity contribution in [1.82, 2.24) is 4.98 Å². The van der Waals surface area contributed by atoms with Gasteiger partial charge in [0.05, 0.1) is 11.9 Å². The van der Waals surface area contributed by atoms with E-state index in [4.69, 9.17) is 22.1 Å². The summed E-state index contributed by atoms with van der Waals surface area (Å²) < 4.78 is 19.4. The van der Waals surface area contributed by atoms with E-state index in [-0.39, 0.29) is 16.7 Å². The Morgan fingerprint density at radius 3 is 2.82 bits per heavy atom. The van der Waals surface area contributed by atoms with Crippen molar-refractivity contribution in [3.63, 3.8) is 0 Å². The van der Waals surface area contributed by atoms with E-state index in [0.29, 0.717) is 10.2 Å². The second-order valence-electron chi connectivity index (χ2n) is 3.23. The van der Waals surface area contributed by atoms with Gasteiger partial charge < -0.3 is 10.5 Å². The van der Waals surface area contributed by atoms with Crippen molar-refractivity contribution >= 4 is 33.2 Å². The first-order valence-electron chi connectivity index (χ1n) is 4.60. The molecular formula is C11H7BrClFN2O. The van der Waals surface area contributed by atoms with Crippen LogP contribution in [0.2, 0.25) is 5.02 Å². The summed E-state index contributed by atoms with van der Waals surface area (Å²) in [6, 6.07) is 5.83. The lowest BCUT2D eigenvalue weighted by Gasteiger charge is -2.07. The van der Waals surface area contributed by atoms with Crippen molar-refractivity contribution in [3.8, 4) is 11.6 Å². The Bertz CT molecular complexity index is 565. The third kappa shape index (κ3) is 2.87. The third-order valence-corrected chi connectivity index (χ3v) is 2.69. The fourth-order valence-corrected chi connectivity index (χ4v) is 1.73. The van der Waals surface area contributed by atoms with Gasteiger partial charge in [-0.05, 0) is 24.3 Å². The number of halogens is 3. The van der Waals surface area contributed by atoms with Crippen LogP contribution in [0, 0.1) is 5.82 Å². The maximum atomic E-state index is 13.4. The molecule has 17 heavy (non-hydrogen) atoms. The number of rotatable bonds is 2. The minimum absolute atomic E-state index is 0.0403. The molecule has 2 rings (SSSR count). The zero-order chi connectivity index (χ0) is 12.4. The van der Waals surface area contributed by atoms with E-state index in [9.17, 15) is 4.39 Å². The van der Waals surface area contributed by atoms with E-state index in [1.165, 1.54) is 24.4 Å². The molecule has 0 saturated carbocycles. The van der Waals surface area contributed by atoms with Crippen molar-refractivity contribution in [2.24, 2.45) is 0 Å². The number of anilines is 1. The molecule has 0 radical (unpaired) electrons. The molecular weight excluding hydrogens is 310 g/mol. The van der Waals surface area contributed by atoms with Gasteiger partial charge in [-0.25, -0.2) is 9.37 Å². The van der Waals surface area contributed by atoms with Crippen molar-refractivity contribution in [3.05, 3.63) is 45.8 Å². The lowest BCUT2D eigenvalue weighted by molar-refractivity contribution is 0.427. The second-order valence-corrected chi connectivity index (χ2v) is 4.56. The summed E-state index contributed by atoms with van der Waals surface area (Å²) in [6.07, 6.45) is 1.39. The highest BCUT2D eigenvalue weighted by Gasteiger charge is 2.09. The van der Waals surface area contributed by atoms with Crippen LogP contribution in [-0.2, 0) is 0 Å². The molecule has 0 unspecified atom stereocenters. The van der Waals surface area contributed by atoms with Crippen molar-refractivity contribution in [1.29, 1.82) is 0 Å². The normalized spacial score (nSPS) is 10.3. The number of nitrogen functional groups attached to an aromatic ring is 1. The molecule has 0 bridgehead atoms. The maximum absolute atomic E-state index is 13.4. The van der Waals surface area contributed by atoms with Gasteiger partial charge in [-0.15, -0.1) is 0 Å². The van der Waals surface area contributed by atoms with Crippen LogP contribution >= 0.6 is 27.5 Å². The number of ether oxygens (including phenoxy) is 1. The van der Waals surface area contributed by atoms with Crippen LogP contribution < -0.4 is 10.5 Å². The first-order chi connectivity index (χ1) is 8.06. The number of aromatic nitrogens is 1. The van der Waals surface area contributed by atoms with E-state index in [0.717, 1.165) is 0 Å². The van der Waals surface area contributed by atoms with E-state index < -0.39 is 5.82 Å². The fourth-order valence-electron chi connectivity index (χ4n) is 1.17. The number of nitrogens with zero attached hydrogens (tertiary/aromatic N) is 1. The van der Waals surface area contributed by atoms with E-state index in [2.05, 4.69) is 20.9 Å². The first-order valence-corrected chi connectivity index (χ1v) is 5.77. The SMILES string of the molecule is Nc1cnc(Oc2cc(Br)ccc2F)c(Cl)c1. The number of pyridine rings is 1. The number of benzene rings is 1. The lowest BCUT2D eigenvalue weighted by Crippen LogP contribution is -1.94. The molecule has 1 aromatic carbocycles. The topological polar surface area (TPSA) is 48.1 Å². The summed E-state index contributed by atoms with van der Waals surface area (Å²) in [5, 5.41) is 0.226.